The number of nitrogens with zero attached hydrogens (tertiary/aromatic N) is 5. The summed E-state index contributed by atoms with van der Waals surface area (Å²) in [4.78, 5) is 18.4. The highest BCUT2D eigenvalue weighted by Gasteiger charge is 2.32. The van der Waals surface area contributed by atoms with Crippen molar-refractivity contribution in [3.63, 3.8) is 0 Å². The highest BCUT2D eigenvalue weighted by atomic mass is 32.2. The van der Waals surface area contributed by atoms with Crippen molar-refractivity contribution in [1.29, 1.82) is 0 Å². The first-order valence-corrected chi connectivity index (χ1v) is 11.9. The van der Waals surface area contributed by atoms with Gasteiger partial charge in [0.2, 0.25) is 17.6 Å². The summed E-state index contributed by atoms with van der Waals surface area (Å²) in [5, 5.41) is 11.2. The largest absolute Gasteiger partial charge is 0.573 e. The fourth-order valence-corrected chi connectivity index (χ4v) is 4.84. The highest BCUT2D eigenvalue weighted by Crippen LogP contribution is 2.36. The number of hydrogen-bond donors (Lipinski definition) is 0. The van der Waals surface area contributed by atoms with Gasteiger partial charge in [0.25, 0.3) is 0 Å². The molecule has 1 aliphatic rings. The van der Waals surface area contributed by atoms with Crippen molar-refractivity contribution in [2.45, 2.75) is 31.1 Å². The zero-order valence-electron chi connectivity index (χ0n) is 18.8. The summed E-state index contributed by atoms with van der Waals surface area (Å²) < 4.78 is 79.5. The van der Waals surface area contributed by atoms with Gasteiger partial charge in [-0.3, -0.25) is 9.00 Å². The summed E-state index contributed by atoms with van der Waals surface area (Å²) >= 11 is 0. The van der Waals surface area contributed by atoms with Crippen molar-refractivity contribution in [3.8, 4) is 28.9 Å². The molecular weight excluding hydrogens is 522 g/mol. The molecule has 2 aromatic heterocycles. The lowest BCUT2D eigenvalue weighted by Crippen LogP contribution is -2.30. The molecule has 3 heterocycles. The first kappa shape index (κ1) is 24.5. The average Bonchev–Trinajstić information content (AvgIpc) is 3.48. The van der Waals surface area contributed by atoms with Crippen LogP contribution in [0.4, 0.5) is 23.2 Å². The first-order valence-electron chi connectivity index (χ1n) is 10.6. The van der Waals surface area contributed by atoms with E-state index in [9.17, 15) is 22.2 Å². The Labute approximate surface area is 207 Å². The van der Waals surface area contributed by atoms with Crippen LogP contribution in [0.3, 0.4) is 0 Å². The lowest BCUT2D eigenvalue weighted by molar-refractivity contribution is -0.274. The normalized spacial score (nSPS) is 16.0. The maximum Gasteiger partial charge on any atom is 0.573 e. The second kappa shape index (κ2) is 9.38. The molecule has 1 aliphatic heterocycles. The SMILES string of the molecule is Cc1nnc(-c2nc(-c3cc4c(cc3F)S(=O)CCC(=O)N4Cc3ccc(OC(F)(F)F)cc3)no2)o1. The Morgan fingerprint density at radius 2 is 1.89 bits per heavy atom. The molecule has 0 radical (unpaired) electrons. The van der Waals surface area contributed by atoms with Gasteiger partial charge in [-0.1, -0.05) is 17.3 Å². The van der Waals surface area contributed by atoms with Crippen LogP contribution in [0.25, 0.3) is 23.2 Å². The van der Waals surface area contributed by atoms with E-state index in [4.69, 9.17) is 8.94 Å². The predicted octanol–water partition coefficient (Wildman–Crippen LogP) is 4.18. The third-order valence-electron chi connectivity index (χ3n) is 5.26. The summed E-state index contributed by atoms with van der Waals surface area (Å²) in [5.41, 5.74) is 0.462. The molecule has 1 amide bonds. The molecular formula is C22H15F4N5O5S. The lowest BCUT2D eigenvalue weighted by atomic mass is 10.1. The Balaban J connectivity index is 1.51. The van der Waals surface area contributed by atoms with Crippen molar-refractivity contribution in [1.82, 2.24) is 20.3 Å². The van der Waals surface area contributed by atoms with Crippen LogP contribution < -0.4 is 9.64 Å². The van der Waals surface area contributed by atoms with Gasteiger partial charge >= 0.3 is 18.1 Å². The van der Waals surface area contributed by atoms with Crippen LogP contribution in [0.1, 0.15) is 17.9 Å². The van der Waals surface area contributed by atoms with Crippen molar-refractivity contribution in [3.05, 3.63) is 53.7 Å². The van der Waals surface area contributed by atoms with Crippen molar-refractivity contribution in [2.75, 3.05) is 10.7 Å². The number of aromatic nitrogens is 4. The van der Waals surface area contributed by atoms with Crippen LogP contribution >= 0.6 is 0 Å². The molecule has 0 bridgehead atoms. The van der Waals surface area contributed by atoms with Gasteiger partial charge in [-0.15, -0.1) is 23.4 Å². The number of aryl methyl sites for hydroxylation is 1. The smallest absolute Gasteiger partial charge is 0.417 e. The Kier molecular flexibility index (Phi) is 6.23. The standard InChI is InChI=1S/C22H15F4N5O5S/c1-11-28-29-21(34-11)20-27-19(30-36-20)14-8-16-17(9-15(14)23)37(33)7-6-18(32)31(16)10-12-2-4-13(5-3-12)35-22(24,25)26/h2-5,8-9H,6-7,10H2,1H3. The molecule has 1 unspecified atom stereocenters. The van der Waals surface area contributed by atoms with Gasteiger partial charge in [0, 0.05) is 19.1 Å². The van der Waals surface area contributed by atoms with Crippen LogP contribution in [0.15, 0.2) is 50.2 Å². The minimum Gasteiger partial charge on any atom is -0.417 e. The Bertz CT molecular complexity index is 1500. The van der Waals surface area contributed by atoms with E-state index in [0.29, 0.717) is 5.56 Å². The maximum absolute atomic E-state index is 15.1. The number of carbonyl (C=O) groups is 1. The summed E-state index contributed by atoms with van der Waals surface area (Å²) in [6, 6.07) is 7.26. The number of amides is 1. The van der Waals surface area contributed by atoms with E-state index in [1.807, 2.05) is 0 Å². The zero-order valence-corrected chi connectivity index (χ0v) is 19.6. The second-order valence-electron chi connectivity index (χ2n) is 7.82. The number of carbonyl (C=O) groups excluding carboxylic acids is 1. The second-order valence-corrected chi connectivity index (χ2v) is 9.36. The number of hydrogen-bond acceptors (Lipinski definition) is 9. The van der Waals surface area contributed by atoms with Gasteiger partial charge in [0.1, 0.15) is 11.6 Å². The summed E-state index contributed by atoms with van der Waals surface area (Å²) in [6.45, 7) is 1.47. The number of rotatable bonds is 5. The highest BCUT2D eigenvalue weighted by molar-refractivity contribution is 7.85. The zero-order chi connectivity index (χ0) is 26.3. The van der Waals surface area contributed by atoms with Gasteiger partial charge in [-0.25, -0.2) is 4.39 Å². The van der Waals surface area contributed by atoms with Crippen molar-refractivity contribution < 1.29 is 40.2 Å². The third kappa shape index (κ3) is 5.21. The van der Waals surface area contributed by atoms with E-state index in [1.54, 1.807) is 6.92 Å². The van der Waals surface area contributed by atoms with Crippen LogP contribution in [0.5, 0.6) is 5.75 Å². The van der Waals surface area contributed by atoms with Crippen LogP contribution in [0.2, 0.25) is 0 Å². The van der Waals surface area contributed by atoms with Gasteiger partial charge in [0.05, 0.1) is 33.5 Å². The third-order valence-corrected chi connectivity index (χ3v) is 6.65. The molecule has 15 heteroatoms. The summed E-state index contributed by atoms with van der Waals surface area (Å²) in [5.74, 6) is -1.80. The van der Waals surface area contributed by atoms with E-state index in [0.717, 1.165) is 18.2 Å². The number of halogens is 4. The lowest BCUT2D eigenvalue weighted by Gasteiger charge is -2.23. The molecule has 0 N–H and O–H groups in total. The van der Waals surface area contributed by atoms with E-state index in [-0.39, 0.29) is 58.4 Å². The summed E-state index contributed by atoms with van der Waals surface area (Å²) in [7, 11) is -1.69. The fourth-order valence-electron chi connectivity index (χ4n) is 3.62. The minimum atomic E-state index is -4.84. The molecule has 2 aromatic carbocycles. The molecule has 5 rings (SSSR count). The van der Waals surface area contributed by atoms with E-state index < -0.39 is 34.6 Å². The number of ether oxygens (including phenoxy) is 1. The molecule has 0 saturated carbocycles. The monoisotopic (exact) mass is 537 g/mol. The van der Waals surface area contributed by atoms with Gasteiger partial charge < -0.3 is 18.6 Å². The Morgan fingerprint density at radius 3 is 2.57 bits per heavy atom. The molecule has 4 aromatic rings. The number of alkyl halides is 3. The molecule has 0 saturated heterocycles. The Morgan fingerprint density at radius 1 is 1.14 bits per heavy atom. The molecule has 37 heavy (non-hydrogen) atoms. The molecule has 0 aliphatic carbocycles. The van der Waals surface area contributed by atoms with Crippen LogP contribution in [0, 0.1) is 12.7 Å². The molecule has 1 atom stereocenters. The van der Waals surface area contributed by atoms with Gasteiger partial charge in [0.15, 0.2) is 0 Å². The topological polar surface area (TPSA) is 124 Å². The predicted molar refractivity (Wildman–Crippen MR) is 118 cm³/mol. The number of benzene rings is 2. The number of fused-ring (bicyclic) bond motifs is 1. The van der Waals surface area contributed by atoms with Gasteiger partial charge in [-0.05, 0) is 29.8 Å². The van der Waals surface area contributed by atoms with E-state index in [2.05, 4.69) is 25.1 Å². The fraction of sp³-hybridized carbons (Fsp3) is 0.227. The average molecular weight is 537 g/mol. The van der Waals surface area contributed by atoms with Crippen LogP contribution in [-0.2, 0) is 22.1 Å². The minimum absolute atomic E-state index is 0.0254. The van der Waals surface area contributed by atoms with Crippen molar-refractivity contribution in [2.24, 2.45) is 0 Å². The van der Waals surface area contributed by atoms with Crippen molar-refractivity contribution >= 4 is 22.4 Å². The Hall–Kier alpha value is -4.14. The molecule has 192 valence electrons. The maximum atomic E-state index is 15.1. The number of anilines is 1. The molecule has 0 spiro atoms. The summed E-state index contributed by atoms with van der Waals surface area (Å²) in [6.07, 6.45) is -4.93. The first-order chi connectivity index (χ1) is 17.6. The quantitative estimate of drug-likeness (QED) is 0.345. The van der Waals surface area contributed by atoms with E-state index in [1.165, 1.54) is 23.1 Å². The molecule has 0 fully saturated rings. The van der Waals surface area contributed by atoms with Crippen LogP contribution in [-0.4, -0.2) is 42.6 Å². The van der Waals surface area contributed by atoms with Gasteiger partial charge in [-0.2, -0.15) is 4.98 Å². The van der Waals surface area contributed by atoms with E-state index >= 15 is 4.39 Å². The molecule has 10 nitrogen and oxygen atoms in total.